The van der Waals surface area contributed by atoms with Crippen molar-refractivity contribution < 1.29 is 5.11 Å². The van der Waals surface area contributed by atoms with Crippen molar-refractivity contribution in [1.82, 2.24) is 5.32 Å². The van der Waals surface area contributed by atoms with Gasteiger partial charge >= 0.3 is 0 Å². The number of hydrogen-bond donors (Lipinski definition) is 2. The largest absolute Gasteiger partial charge is 0.390 e. The van der Waals surface area contributed by atoms with Gasteiger partial charge in [0.15, 0.2) is 0 Å². The van der Waals surface area contributed by atoms with Gasteiger partial charge in [-0.05, 0) is 30.0 Å². The maximum absolute atomic E-state index is 10.3. The molecular formula is C24H25NO. The van der Waals surface area contributed by atoms with Gasteiger partial charge in [-0.2, -0.15) is 0 Å². The minimum absolute atomic E-state index is 0.290. The van der Waals surface area contributed by atoms with Gasteiger partial charge in [-0.3, -0.25) is 5.32 Å². The monoisotopic (exact) mass is 343 g/mol. The molecule has 0 bridgehead atoms. The van der Waals surface area contributed by atoms with Crippen molar-refractivity contribution in [3.8, 4) is 0 Å². The van der Waals surface area contributed by atoms with Gasteiger partial charge in [0.1, 0.15) is 0 Å². The number of benzene rings is 3. The van der Waals surface area contributed by atoms with E-state index in [0.29, 0.717) is 0 Å². The van der Waals surface area contributed by atoms with Crippen LogP contribution in [-0.2, 0) is 5.54 Å². The molecule has 0 aliphatic heterocycles. The van der Waals surface area contributed by atoms with Crippen molar-refractivity contribution in [1.29, 1.82) is 0 Å². The molecule has 2 atom stereocenters. The molecule has 0 spiro atoms. The molecule has 3 aromatic carbocycles. The maximum atomic E-state index is 10.3. The van der Waals surface area contributed by atoms with Crippen LogP contribution >= 0.6 is 0 Å². The van der Waals surface area contributed by atoms with Crippen LogP contribution in [0.1, 0.15) is 30.0 Å². The number of rotatable bonds is 6. The average Bonchev–Trinajstić information content (AvgIpc) is 3.31. The normalized spacial score (nSPS) is 22.2. The standard InChI is InChI=1S/C24H25NO/c1-23(26)17-22(23)18-25-24(19-11-5-2-6-12-19,20-13-7-3-8-14-20)21-15-9-4-10-16-21/h2-16,22,25-26H,17-18H2,1H3. The van der Waals surface area contributed by atoms with E-state index in [2.05, 4.69) is 96.3 Å². The Morgan fingerprint density at radius 1 is 0.808 bits per heavy atom. The first-order chi connectivity index (χ1) is 12.6. The smallest absolute Gasteiger partial charge is 0.0948 e. The molecule has 1 saturated carbocycles. The highest BCUT2D eigenvalue weighted by molar-refractivity contribution is 5.49. The summed E-state index contributed by atoms with van der Waals surface area (Å²) in [5, 5.41) is 14.1. The van der Waals surface area contributed by atoms with Crippen LogP contribution in [0.3, 0.4) is 0 Å². The minimum atomic E-state index is -0.539. The van der Waals surface area contributed by atoms with Crippen molar-refractivity contribution in [3.05, 3.63) is 108 Å². The van der Waals surface area contributed by atoms with E-state index in [0.717, 1.165) is 13.0 Å². The number of nitrogens with one attached hydrogen (secondary N) is 1. The molecule has 2 unspecified atom stereocenters. The predicted molar refractivity (Wildman–Crippen MR) is 106 cm³/mol. The molecule has 26 heavy (non-hydrogen) atoms. The van der Waals surface area contributed by atoms with Gasteiger partial charge in [0.2, 0.25) is 0 Å². The summed E-state index contributed by atoms with van der Waals surface area (Å²) < 4.78 is 0. The summed E-state index contributed by atoms with van der Waals surface area (Å²) in [7, 11) is 0. The number of hydrogen-bond acceptors (Lipinski definition) is 2. The Bertz CT molecular complexity index is 746. The third kappa shape index (κ3) is 3.07. The summed E-state index contributed by atoms with van der Waals surface area (Å²) in [5.74, 6) is 0.290. The predicted octanol–water partition coefficient (Wildman–Crippen LogP) is 4.34. The highest BCUT2D eigenvalue weighted by atomic mass is 16.3. The maximum Gasteiger partial charge on any atom is 0.0948 e. The Labute approximate surface area is 155 Å². The van der Waals surface area contributed by atoms with Gasteiger partial charge < -0.3 is 5.11 Å². The van der Waals surface area contributed by atoms with Gasteiger partial charge in [-0.1, -0.05) is 91.0 Å². The lowest BCUT2D eigenvalue weighted by atomic mass is 9.77. The first-order valence-electron chi connectivity index (χ1n) is 9.27. The van der Waals surface area contributed by atoms with Crippen molar-refractivity contribution in [2.45, 2.75) is 24.5 Å². The molecule has 0 aromatic heterocycles. The van der Waals surface area contributed by atoms with Crippen molar-refractivity contribution in [3.63, 3.8) is 0 Å². The molecule has 132 valence electrons. The molecule has 0 saturated heterocycles. The van der Waals surface area contributed by atoms with E-state index in [1.807, 2.05) is 6.92 Å². The van der Waals surface area contributed by atoms with Crippen molar-refractivity contribution in [2.75, 3.05) is 6.54 Å². The van der Waals surface area contributed by atoms with Crippen molar-refractivity contribution >= 4 is 0 Å². The lowest BCUT2D eigenvalue weighted by molar-refractivity contribution is 0.150. The van der Waals surface area contributed by atoms with E-state index in [9.17, 15) is 5.11 Å². The molecule has 3 aromatic rings. The molecule has 2 N–H and O–H groups in total. The summed E-state index contributed by atoms with van der Waals surface area (Å²) in [6.45, 7) is 2.69. The van der Waals surface area contributed by atoms with Crippen LogP contribution in [0, 0.1) is 5.92 Å². The SMILES string of the molecule is CC1(O)CC1CNC(c1ccccc1)(c1ccccc1)c1ccccc1. The van der Waals surface area contributed by atoms with Crippen LogP contribution in [0.25, 0.3) is 0 Å². The second-order valence-electron chi connectivity index (χ2n) is 7.49. The van der Waals surface area contributed by atoms with Crippen LogP contribution in [0.15, 0.2) is 91.0 Å². The molecule has 0 heterocycles. The van der Waals surface area contributed by atoms with Crippen LogP contribution in [0.2, 0.25) is 0 Å². The molecule has 4 rings (SSSR count). The lowest BCUT2D eigenvalue weighted by Crippen LogP contribution is -2.46. The minimum Gasteiger partial charge on any atom is -0.390 e. The summed E-state index contributed by atoms with van der Waals surface area (Å²) in [4.78, 5) is 0. The van der Waals surface area contributed by atoms with E-state index in [-0.39, 0.29) is 5.92 Å². The zero-order valence-electron chi connectivity index (χ0n) is 15.1. The molecule has 0 amide bonds. The fourth-order valence-corrected chi connectivity index (χ4v) is 3.88. The van der Waals surface area contributed by atoms with Crippen LogP contribution in [-0.4, -0.2) is 17.3 Å². The highest BCUT2D eigenvalue weighted by Crippen LogP contribution is 2.44. The summed E-state index contributed by atoms with van der Waals surface area (Å²) in [6.07, 6.45) is 0.856. The van der Waals surface area contributed by atoms with Crippen molar-refractivity contribution in [2.24, 2.45) is 5.92 Å². The Morgan fingerprint density at radius 2 is 1.15 bits per heavy atom. The zero-order valence-corrected chi connectivity index (χ0v) is 15.1. The molecule has 0 radical (unpaired) electrons. The highest BCUT2D eigenvalue weighted by Gasteiger charge is 2.49. The van der Waals surface area contributed by atoms with Gasteiger partial charge in [0.05, 0.1) is 11.1 Å². The van der Waals surface area contributed by atoms with E-state index in [1.54, 1.807) is 0 Å². The third-order valence-corrected chi connectivity index (χ3v) is 5.61. The molecule has 2 heteroatoms. The van der Waals surface area contributed by atoms with E-state index < -0.39 is 11.1 Å². The Morgan fingerprint density at radius 3 is 1.46 bits per heavy atom. The van der Waals surface area contributed by atoms with Crippen LogP contribution in [0.4, 0.5) is 0 Å². The Hall–Kier alpha value is -2.42. The van der Waals surface area contributed by atoms with Crippen LogP contribution < -0.4 is 5.32 Å². The Balaban J connectivity index is 1.85. The summed E-state index contributed by atoms with van der Waals surface area (Å²) in [5.41, 5.74) is 2.64. The fourth-order valence-electron chi connectivity index (χ4n) is 3.88. The first kappa shape index (κ1) is 17.0. The van der Waals surface area contributed by atoms with E-state index in [1.165, 1.54) is 16.7 Å². The number of aliphatic hydroxyl groups is 1. The Kier molecular flexibility index (Phi) is 4.39. The molecule has 2 nitrogen and oxygen atoms in total. The van der Waals surface area contributed by atoms with Gasteiger partial charge in [0, 0.05) is 12.5 Å². The molecule has 1 fully saturated rings. The average molecular weight is 343 g/mol. The fraction of sp³-hybridized carbons (Fsp3) is 0.250. The summed E-state index contributed by atoms with van der Waals surface area (Å²) >= 11 is 0. The van der Waals surface area contributed by atoms with Gasteiger partial charge in [0.25, 0.3) is 0 Å². The second kappa shape index (κ2) is 6.71. The molecule has 1 aliphatic rings. The van der Waals surface area contributed by atoms with Crippen LogP contribution in [0.5, 0.6) is 0 Å². The quantitative estimate of drug-likeness (QED) is 0.653. The topological polar surface area (TPSA) is 32.3 Å². The van der Waals surface area contributed by atoms with E-state index in [4.69, 9.17) is 0 Å². The molecular weight excluding hydrogens is 318 g/mol. The van der Waals surface area contributed by atoms with E-state index >= 15 is 0 Å². The summed E-state index contributed by atoms with van der Waals surface area (Å²) in [6, 6.07) is 31.8. The van der Waals surface area contributed by atoms with Gasteiger partial charge in [-0.15, -0.1) is 0 Å². The molecule has 1 aliphatic carbocycles. The van der Waals surface area contributed by atoms with Gasteiger partial charge in [-0.25, -0.2) is 0 Å². The second-order valence-corrected chi connectivity index (χ2v) is 7.49. The third-order valence-electron chi connectivity index (χ3n) is 5.61. The lowest BCUT2D eigenvalue weighted by Gasteiger charge is -2.37. The zero-order chi connectivity index (χ0) is 18.0. The first-order valence-corrected chi connectivity index (χ1v) is 9.27.